The molecule has 0 bridgehead atoms. The lowest BCUT2D eigenvalue weighted by atomic mass is 10.1. The lowest BCUT2D eigenvalue weighted by Crippen LogP contribution is -2.43. The maximum atomic E-state index is 13.2. The van der Waals surface area contributed by atoms with E-state index in [0.717, 1.165) is 64.8 Å². The Bertz CT molecular complexity index is 1150. The van der Waals surface area contributed by atoms with Crippen LogP contribution in [0.25, 0.3) is 0 Å². The summed E-state index contributed by atoms with van der Waals surface area (Å²) in [6.45, 7) is 20.1. The second-order valence-corrected chi connectivity index (χ2v) is 20.1. The maximum absolute atomic E-state index is 13.2. The highest BCUT2D eigenvalue weighted by atomic mass is 16.2. The first-order chi connectivity index (χ1) is 32.5. The Kier molecular flexibility index (Phi) is 47.1. The van der Waals surface area contributed by atoms with Crippen LogP contribution in [-0.2, 0) is 19.2 Å². The van der Waals surface area contributed by atoms with Crippen molar-refractivity contribution in [2.75, 3.05) is 72.5 Å². The lowest BCUT2D eigenvalue weighted by molar-refractivity contribution is -0.123. The molecule has 0 aliphatic rings. The Balaban J connectivity index is 4.99. The zero-order chi connectivity index (χ0) is 49.4. The Morgan fingerprint density at radius 2 is 0.642 bits per heavy atom. The number of nitrogens with one attached hydrogen (secondary N) is 6. The van der Waals surface area contributed by atoms with Crippen molar-refractivity contribution >= 4 is 23.6 Å². The highest BCUT2D eigenvalue weighted by molar-refractivity contribution is 5.77. The summed E-state index contributed by atoms with van der Waals surface area (Å²) in [7, 11) is 1.66. The molecule has 4 amide bonds. The predicted molar refractivity (Wildman–Crippen MR) is 286 cm³/mol. The molecule has 0 saturated heterocycles. The first-order valence-corrected chi connectivity index (χ1v) is 28.5. The van der Waals surface area contributed by atoms with E-state index < -0.39 is 0 Å². The molecule has 0 rings (SSSR count). The second-order valence-electron chi connectivity index (χ2n) is 20.1. The minimum Gasteiger partial charge on any atom is -0.359 e. The van der Waals surface area contributed by atoms with Gasteiger partial charge >= 0.3 is 0 Å². The average Bonchev–Trinajstić information content (AvgIpc) is 3.30. The van der Waals surface area contributed by atoms with Crippen molar-refractivity contribution in [2.45, 2.75) is 259 Å². The standard InChI is InChI=1S/C55H112N8O4/c1-8-11-14-17-20-23-26-29-32-49(4)59-53(65)35-39-57-40-41-58-42-46-63(45-38-55(67)61-51(6)34-31-28-25-22-19-16-13-10-3)48-47-62(43-36-52(64)56-7)44-37-54(66)60-50(5)33-30-27-24-21-18-15-12-9-2/h49-51,57-58H,8-48H2,1-7H3,(H,56,64)(H,59,65)(H,60,66)(H,61,67). The summed E-state index contributed by atoms with van der Waals surface area (Å²) in [6, 6.07) is 0.539. The van der Waals surface area contributed by atoms with Crippen LogP contribution in [0.2, 0.25) is 0 Å². The number of unbranched alkanes of at least 4 members (excludes halogenated alkanes) is 21. The van der Waals surface area contributed by atoms with Crippen LogP contribution in [0, 0.1) is 0 Å². The Hall–Kier alpha value is -2.28. The number of carbonyl (C=O) groups excluding carboxylic acids is 4. The van der Waals surface area contributed by atoms with Gasteiger partial charge in [0.2, 0.25) is 23.6 Å². The van der Waals surface area contributed by atoms with Gasteiger partial charge in [0.15, 0.2) is 0 Å². The number of nitrogens with zero attached hydrogens (tertiary/aromatic N) is 2. The number of amides is 4. The molecule has 0 radical (unpaired) electrons. The van der Waals surface area contributed by atoms with Crippen LogP contribution in [0.4, 0.5) is 0 Å². The monoisotopic (exact) mass is 949 g/mol. The van der Waals surface area contributed by atoms with E-state index in [-0.39, 0.29) is 41.8 Å². The summed E-state index contributed by atoms with van der Waals surface area (Å²) in [6.07, 6.45) is 35.7. The Morgan fingerprint density at radius 1 is 0.343 bits per heavy atom. The van der Waals surface area contributed by atoms with Crippen molar-refractivity contribution in [2.24, 2.45) is 0 Å². The van der Waals surface area contributed by atoms with E-state index in [1.165, 1.54) is 141 Å². The van der Waals surface area contributed by atoms with E-state index in [9.17, 15) is 19.2 Å². The van der Waals surface area contributed by atoms with Gasteiger partial charge in [-0.1, -0.05) is 175 Å². The van der Waals surface area contributed by atoms with Gasteiger partial charge in [-0.05, 0) is 40.0 Å². The molecule has 0 aromatic rings. The van der Waals surface area contributed by atoms with Crippen LogP contribution in [0.3, 0.4) is 0 Å². The molecule has 0 spiro atoms. The molecule has 0 fully saturated rings. The number of hydrogen-bond acceptors (Lipinski definition) is 8. The average molecular weight is 950 g/mol. The fourth-order valence-corrected chi connectivity index (χ4v) is 8.73. The fraction of sp³-hybridized carbons (Fsp3) is 0.927. The van der Waals surface area contributed by atoms with Crippen molar-refractivity contribution in [3.63, 3.8) is 0 Å². The van der Waals surface area contributed by atoms with Crippen LogP contribution in [0.15, 0.2) is 0 Å². The molecule has 3 atom stereocenters. The van der Waals surface area contributed by atoms with Crippen molar-refractivity contribution in [3.05, 3.63) is 0 Å². The number of rotatable bonds is 51. The zero-order valence-electron chi connectivity index (χ0n) is 45.3. The van der Waals surface area contributed by atoms with Gasteiger partial charge in [0, 0.05) is 116 Å². The number of hydrogen-bond donors (Lipinski definition) is 6. The molecule has 0 aromatic carbocycles. The van der Waals surface area contributed by atoms with Gasteiger partial charge in [-0.3, -0.25) is 19.2 Å². The summed E-state index contributed by atoms with van der Waals surface area (Å²) in [5.41, 5.74) is 0. The van der Waals surface area contributed by atoms with Gasteiger partial charge in [-0.15, -0.1) is 0 Å². The SMILES string of the molecule is CCCCCCCCCCC(C)NC(=O)CCNCCNCCN(CCC(=O)NC(C)CCCCCCCCCC)CCN(CCC(=O)NC)CCC(=O)NC(C)CCCCCCCCCC. The van der Waals surface area contributed by atoms with E-state index in [4.69, 9.17) is 0 Å². The summed E-state index contributed by atoms with van der Waals surface area (Å²) in [5, 5.41) is 19.3. The van der Waals surface area contributed by atoms with E-state index >= 15 is 0 Å². The predicted octanol–water partition coefficient (Wildman–Crippen LogP) is 10.2. The van der Waals surface area contributed by atoms with E-state index in [1.807, 2.05) is 0 Å². The third-order valence-electron chi connectivity index (χ3n) is 13.3. The topological polar surface area (TPSA) is 147 Å². The van der Waals surface area contributed by atoms with Gasteiger partial charge in [0.25, 0.3) is 0 Å². The largest absolute Gasteiger partial charge is 0.359 e. The van der Waals surface area contributed by atoms with Crippen LogP contribution in [-0.4, -0.2) is 124 Å². The van der Waals surface area contributed by atoms with Gasteiger partial charge in [-0.25, -0.2) is 0 Å². The van der Waals surface area contributed by atoms with Gasteiger partial charge in [-0.2, -0.15) is 0 Å². The third kappa shape index (κ3) is 45.9. The molecule has 0 aliphatic heterocycles. The molecule has 12 heteroatoms. The quantitative estimate of drug-likeness (QED) is 0.0331. The van der Waals surface area contributed by atoms with Crippen molar-refractivity contribution in [3.8, 4) is 0 Å². The smallest absolute Gasteiger partial charge is 0.221 e. The molecular formula is C55H112N8O4. The van der Waals surface area contributed by atoms with Crippen molar-refractivity contribution < 1.29 is 19.2 Å². The molecule has 0 saturated carbocycles. The molecule has 0 heterocycles. The Labute approximate surface area is 414 Å². The fourth-order valence-electron chi connectivity index (χ4n) is 8.73. The van der Waals surface area contributed by atoms with Gasteiger partial charge in [0.05, 0.1) is 0 Å². The molecule has 6 N–H and O–H groups in total. The lowest BCUT2D eigenvalue weighted by Gasteiger charge is -2.28. The first-order valence-electron chi connectivity index (χ1n) is 28.5. The number of carbonyl (C=O) groups is 4. The minimum absolute atomic E-state index is 0.00913. The molecule has 3 unspecified atom stereocenters. The normalized spacial score (nSPS) is 12.9. The van der Waals surface area contributed by atoms with Crippen LogP contribution >= 0.6 is 0 Å². The summed E-state index contributed by atoms with van der Waals surface area (Å²) < 4.78 is 0. The van der Waals surface area contributed by atoms with E-state index in [1.54, 1.807) is 7.05 Å². The molecule has 12 nitrogen and oxygen atoms in total. The first kappa shape index (κ1) is 64.7. The highest BCUT2D eigenvalue weighted by Gasteiger charge is 2.16. The van der Waals surface area contributed by atoms with E-state index in [2.05, 4.69) is 83.2 Å². The zero-order valence-corrected chi connectivity index (χ0v) is 45.3. The highest BCUT2D eigenvalue weighted by Crippen LogP contribution is 2.13. The van der Waals surface area contributed by atoms with Crippen molar-refractivity contribution in [1.82, 2.24) is 41.7 Å². The molecule has 0 aromatic heterocycles. The summed E-state index contributed by atoms with van der Waals surface area (Å²) in [4.78, 5) is 55.6. The summed E-state index contributed by atoms with van der Waals surface area (Å²) in [5.74, 6) is 0.261. The molecule has 0 aliphatic carbocycles. The van der Waals surface area contributed by atoms with Gasteiger partial charge < -0.3 is 41.7 Å². The third-order valence-corrected chi connectivity index (χ3v) is 13.3. The molecule has 67 heavy (non-hydrogen) atoms. The van der Waals surface area contributed by atoms with Crippen LogP contribution in [0.1, 0.15) is 241 Å². The molecular weight excluding hydrogens is 837 g/mol. The van der Waals surface area contributed by atoms with Gasteiger partial charge in [0.1, 0.15) is 0 Å². The second kappa shape index (κ2) is 48.7. The summed E-state index contributed by atoms with van der Waals surface area (Å²) >= 11 is 0. The van der Waals surface area contributed by atoms with Crippen LogP contribution < -0.4 is 31.9 Å². The Morgan fingerprint density at radius 3 is 1.00 bits per heavy atom. The minimum atomic E-state index is -0.00913. The van der Waals surface area contributed by atoms with Crippen molar-refractivity contribution in [1.29, 1.82) is 0 Å². The van der Waals surface area contributed by atoms with E-state index in [0.29, 0.717) is 58.4 Å². The maximum Gasteiger partial charge on any atom is 0.221 e. The molecule has 396 valence electrons. The van der Waals surface area contributed by atoms with Crippen LogP contribution in [0.5, 0.6) is 0 Å².